The molecule has 30 heavy (non-hydrogen) atoms. The van der Waals surface area contributed by atoms with Crippen LogP contribution in [0, 0.1) is 17.8 Å². The summed E-state index contributed by atoms with van der Waals surface area (Å²) in [7, 11) is 0. The van der Waals surface area contributed by atoms with E-state index in [1.807, 2.05) is 44.2 Å². The lowest BCUT2D eigenvalue weighted by atomic mass is 9.88. The van der Waals surface area contributed by atoms with E-state index in [4.69, 9.17) is 0 Å². The zero-order valence-corrected chi connectivity index (χ0v) is 18.2. The monoisotopic (exact) mass is 413 g/mol. The van der Waals surface area contributed by atoms with E-state index in [2.05, 4.69) is 10.6 Å². The van der Waals surface area contributed by atoms with Gasteiger partial charge in [-0.15, -0.1) is 0 Å². The smallest absolute Gasteiger partial charge is 0.245 e. The molecule has 0 radical (unpaired) electrons. The lowest BCUT2D eigenvalue weighted by molar-refractivity contribution is -0.141. The van der Waals surface area contributed by atoms with Gasteiger partial charge >= 0.3 is 0 Å². The Kier molecular flexibility index (Phi) is 7.88. The Hall–Kier alpha value is -2.37. The minimum atomic E-state index is -0.532. The van der Waals surface area contributed by atoms with Crippen molar-refractivity contribution in [1.82, 2.24) is 10.2 Å². The average molecular weight is 414 g/mol. The van der Waals surface area contributed by atoms with Crippen LogP contribution in [0.3, 0.4) is 0 Å². The van der Waals surface area contributed by atoms with Gasteiger partial charge in [0.15, 0.2) is 0 Å². The van der Waals surface area contributed by atoms with Crippen LogP contribution in [0.25, 0.3) is 0 Å². The lowest BCUT2D eigenvalue weighted by Gasteiger charge is -2.36. The highest BCUT2D eigenvalue weighted by Crippen LogP contribution is 2.25. The summed E-state index contributed by atoms with van der Waals surface area (Å²) in [4.78, 5) is 40.5. The number of likely N-dealkylation sites (tertiary alicyclic amines) is 1. The largest absolute Gasteiger partial charge is 0.344 e. The van der Waals surface area contributed by atoms with Crippen LogP contribution in [0.15, 0.2) is 30.3 Å². The Morgan fingerprint density at radius 2 is 1.57 bits per heavy atom. The fourth-order valence-corrected chi connectivity index (χ4v) is 4.50. The molecule has 164 valence electrons. The molecule has 1 saturated carbocycles. The number of carbonyl (C=O) groups is 3. The second-order valence-corrected chi connectivity index (χ2v) is 9.04. The van der Waals surface area contributed by atoms with E-state index < -0.39 is 6.04 Å². The number of carbonyl (C=O) groups excluding carboxylic acids is 3. The predicted octanol–water partition coefficient (Wildman–Crippen LogP) is 3.58. The highest BCUT2D eigenvalue weighted by molar-refractivity contribution is 5.94. The molecule has 3 rings (SSSR count). The van der Waals surface area contributed by atoms with Gasteiger partial charge in [0.25, 0.3) is 0 Å². The second kappa shape index (κ2) is 10.6. The van der Waals surface area contributed by atoms with Crippen molar-refractivity contribution in [3.63, 3.8) is 0 Å². The molecule has 2 aliphatic rings. The van der Waals surface area contributed by atoms with Crippen molar-refractivity contribution >= 4 is 23.4 Å². The first-order valence-corrected chi connectivity index (χ1v) is 11.4. The van der Waals surface area contributed by atoms with Crippen LogP contribution in [0.2, 0.25) is 0 Å². The van der Waals surface area contributed by atoms with Gasteiger partial charge < -0.3 is 15.5 Å². The highest BCUT2D eigenvalue weighted by Gasteiger charge is 2.35. The van der Waals surface area contributed by atoms with Gasteiger partial charge in [0, 0.05) is 24.7 Å². The van der Waals surface area contributed by atoms with Crippen molar-refractivity contribution in [2.75, 3.05) is 18.4 Å². The van der Waals surface area contributed by atoms with E-state index in [0.29, 0.717) is 13.1 Å². The molecule has 0 spiro atoms. The molecule has 6 nitrogen and oxygen atoms in total. The van der Waals surface area contributed by atoms with Crippen LogP contribution in [0.1, 0.15) is 58.8 Å². The Labute approximate surface area is 179 Å². The number of nitrogens with one attached hydrogen (secondary N) is 2. The normalized spacial score (nSPS) is 21.2. The Bertz CT molecular complexity index is 728. The highest BCUT2D eigenvalue weighted by atomic mass is 16.2. The first-order chi connectivity index (χ1) is 14.5. The van der Waals surface area contributed by atoms with Gasteiger partial charge in [0.05, 0.1) is 5.92 Å². The summed E-state index contributed by atoms with van der Waals surface area (Å²) in [5.41, 5.74) is 0.769. The second-order valence-electron chi connectivity index (χ2n) is 9.04. The van der Waals surface area contributed by atoms with Crippen LogP contribution in [0.4, 0.5) is 5.69 Å². The number of hydrogen-bond acceptors (Lipinski definition) is 3. The molecule has 1 saturated heterocycles. The summed E-state index contributed by atoms with van der Waals surface area (Å²) in [6.45, 7) is 4.97. The Morgan fingerprint density at radius 1 is 0.900 bits per heavy atom. The van der Waals surface area contributed by atoms with E-state index in [0.717, 1.165) is 44.2 Å². The van der Waals surface area contributed by atoms with Gasteiger partial charge in [0.1, 0.15) is 6.04 Å². The zero-order chi connectivity index (χ0) is 21.5. The summed E-state index contributed by atoms with van der Waals surface area (Å²) in [6, 6.07) is 8.86. The third-order valence-electron chi connectivity index (χ3n) is 6.35. The molecule has 0 unspecified atom stereocenters. The van der Waals surface area contributed by atoms with E-state index in [9.17, 15) is 14.4 Å². The standard InChI is InChI=1S/C24H35N3O3/c1-17(2)21(26-22(28)18-10-5-3-6-11-18)24(30)27-15-9-12-19(16-27)23(29)25-20-13-7-4-8-14-20/h4,7-8,13-14,17-19,21H,3,5-6,9-12,15-16H2,1-2H3,(H,25,29)(H,26,28)/t19-,21+/m1/s1. The molecule has 1 heterocycles. The van der Waals surface area contributed by atoms with Gasteiger partial charge in [-0.2, -0.15) is 0 Å². The molecular weight excluding hydrogens is 378 g/mol. The Balaban J connectivity index is 1.60. The van der Waals surface area contributed by atoms with E-state index in [1.165, 1.54) is 6.42 Å². The van der Waals surface area contributed by atoms with Crippen molar-refractivity contribution in [2.45, 2.75) is 64.8 Å². The molecule has 2 N–H and O–H groups in total. The molecule has 1 aliphatic carbocycles. The average Bonchev–Trinajstić information content (AvgIpc) is 2.78. The van der Waals surface area contributed by atoms with Crippen LogP contribution in [0.5, 0.6) is 0 Å². The quantitative estimate of drug-likeness (QED) is 0.748. The summed E-state index contributed by atoms with van der Waals surface area (Å²) in [6.07, 6.45) is 6.75. The van der Waals surface area contributed by atoms with E-state index in [1.54, 1.807) is 4.90 Å². The SMILES string of the molecule is CC(C)[C@H](NC(=O)C1CCCCC1)C(=O)N1CCC[C@@H](C(=O)Nc2ccccc2)C1. The minimum Gasteiger partial charge on any atom is -0.344 e. The third kappa shape index (κ3) is 5.83. The molecule has 1 aliphatic heterocycles. The van der Waals surface area contributed by atoms with Crippen LogP contribution < -0.4 is 10.6 Å². The van der Waals surface area contributed by atoms with Crippen LogP contribution >= 0.6 is 0 Å². The fourth-order valence-electron chi connectivity index (χ4n) is 4.50. The van der Waals surface area contributed by atoms with Gasteiger partial charge in [-0.1, -0.05) is 51.3 Å². The molecule has 1 aromatic carbocycles. The van der Waals surface area contributed by atoms with Gasteiger partial charge in [-0.3, -0.25) is 14.4 Å². The number of benzene rings is 1. The molecule has 3 amide bonds. The zero-order valence-electron chi connectivity index (χ0n) is 18.2. The van der Waals surface area contributed by atoms with Gasteiger partial charge in [-0.25, -0.2) is 0 Å². The number of rotatable bonds is 6. The topological polar surface area (TPSA) is 78.5 Å². The first kappa shape index (κ1) is 22.3. The number of nitrogens with zero attached hydrogens (tertiary/aromatic N) is 1. The minimum absolute atomic E-state index is 0.00330. The van der Waals surface area contributed by atoms with Crippen LogP contribution in [-0.4, -0.2) is 41.8 Å². The summed E-state index contributed by atoms with van der Waals surface area (Å²) in [5.74, 6) is -0.304. The number of anilines is 1. The van der Waals surface area contributed by atoms with Gasteiger partial charge in [-0.05, 0) is 43.7 Å². The lowest BCUT2D eigenvalue weighted by Crippen LogP contribution is -2.55. The molecule has 2 atom stereocenters. The van der Waals surface area contributed by atoms with Crippen LogP contribution in [-0.2, 0) is 14.4 Å². The first-order valence-electron chi connectivity index (χ1n) is 11.4. The molecule has 6 heteroatoms. The van der Waals surface area contributed by atoms with E-state index >= 15 is 0 Å². The molecule has 1 aromatic rings. The maximum atomic E-state index is 13.3. The summed E-state index contributed by atoms with van der Waals surface area (Å²) < 4.78 is 0. The molecule has 2 fully saturated rings. The summed E-state index contributed by atoms with van der Waals surface area (Å²) >= 11 is 0. The maximum Gasteiger partial charge on any atom is 0.245 e. The third-order valence-corrected chi connectivity index (χ3v) is 6.35. The number of piperidine rings is 1. The molecular formula is C24H35N3O3. The van der Waals surface area contributed by atoms with Crippen molar-refractivity contribution in [3.05, 3.63) is 30.3 Å². The molecule has 0 aromatic heterocycles. The number of hydrogen-bond donors (Lipinski definition) is 2. The molecule has 0 bridgehead atoms. The van der Waals surface area contributed by atoms with Crippen molar-refractivity contribution < 1.29 is 14.4 Å². The maximum absolute atomic E-state index is 13.3. The van der Waals surface area contributed by atoms with Crippen molar-refractivity contribution in [3.8, 4) is 0 Å². The predicted molar refractivity (Wildman–Crippen MR) is 118 cm³/mol. The number of para-hydroxylation sites is 1. The number of amides is 3. The Morgan fingerprint density at radius 3 is 2.23 bits per heavy atom. The van der Waals surface area contributed by atoms with E-state index in [-0.39, 0.29) is 35.5 Å². The fraction of sp³-hybridized carbons (Fsp3) is 0.625. The van der Waals surface area contributed by atoms with Gasteiger partial charge in [0.2, 0.25) is 17.7 Å². The van der Waals surface area contributed by atoms with Crippen molar-refractivity contribution in [1.29, 1.82) is 0 Å². The van der Waals surface area contributed by atoms with Crippen molar-refractivity contribution in [2.24, 2.45) is 17.8 Å². The summed E-state index contributed by atoms with van der Waals surface area (Å²) in [5, 5.41) is 5.99.